The van der Waals surface area contributed by atoms with Crippen molar-refractivity contribution in [3.05, 3.63) is 89.7 Å². The Morgan fingerprint density at radius 2 is 1.75 bits per heavy atom. The zero-order valence-corrected chi connectivity index (χ0v) is 21.0. The summed E-state index contributed by atoms with van der Waals surface area (Å²) in [5, 5.41) is 1.22. The third kappa shape index (κ3) is 4.17. The predicted octanol–water partition coefficient (Wildman–Crippen LogP) is 6.52. The van der Waals surface area contributed by atoms with E-state index in [4.69, 9.17) is 0 Å². The molecule has 0 spiro atoms. The number of benzene rings is 3. The Morgan fingerprint density at radius 3 is 2.44 bits per heavy atom. The van der Waals surface area contributed by atoms with Gasteiger partial charge in [0.2, 0.25) is 0 Å². The largest absolute Gasteiger partial charge is 0.294 e. The fourth-order valence-electron chi connectivity index (χ4n) is 4.60. The van der Waals surface area contributed by atoms with Crippen LogP contribution in [-0.4, -0.2) is 4.57 Å². The maximum atomic E-state index is 3.01. The molecule has 32 heavy (non-hydrogen) atoms. The van der Waals surface area contributed by atoms with Crippen LogP contribution >= 0.6 is 9.24 Å². The van der Waals surface area contributed by atoms with Crippen LogP contribution < -0.4 is 9.87 Å². The molecule has 1 atom stereocenters. The molecule has 0 aliphatic heterocycles. The lowest BCUT2D eigenvalue weighted by Crippen LogP contribution is -2.30. The lowest BCUT2D eigenvalue weighted by atomic mass is 9.94. The second kappa shape index (κ2) is 9.43. The van der Waals surface area contributed by atoms with E-state index in [9.17, 15) is 0 Å². The summed E-state index contributed by atoms with van der Waals surface area (Å²) in [6.07, 6.45) is 6.59. The summed E-state index contributed by atoms with van der Waals surface area (Å²) in [6.45, 7) is 9.01. The van der Waals surface area contributed by atoms with Gasteiger partial charge >= 0.3 is 0 Å². The zero-order chi connectivity index (χ0) is 22.8. The molecule has 0 amide bonds. The van der Waals surface area contributed by atoms with E-state index < -0.39 is 0 Å². The summed E-state index contributed by atoms with van der Waals surface area (Å²) in [7, 11) is 5.16. The van der Waals surface area contributed by atoms with Crippen molar-refractivity contribution < 1.29 is 4.57 Å². The Kier molecular flexibility index (Phi) is 6.63. The van der Waals surface area contributed by atoms with Crippen LogP contribution in [0.4, 0.5) is 0 Å². The molecule has 4 rings (SSSR count). The summed E-state index contributed by atoms with van der Waals surface area (Å²) in [5.41, 5.74) is 9.17. The number of hydrogen-bond acceptors (Lipinski definition) is 0. The molecule has 3 aromatic carbocycles. The average Bonchev–Trinajstić information content (AvgIpc) is 3.14. The van der Waals surface area contributed by atoms with Crippen LogP contribution in [0.3, 0.4) is 0 Å². The van der Waals surface area contributed by atoms with Crippen LogP contribution in [0.2, 0.25) is 0 Å². The molecule has 0 bridgehead atoms. The second-order valence-corrected chi connectivity index (χ2v) is 9.61. The first-order valence-electron chi connectivity index (χ1n) is 11.6. The van der Waals surface area contributed by atoms with E-state index in [1.165, 1.54) is 50.2 Å². The first kappa shape index (κ1) is 22.5. The van der Waals surface area contributed by atoms with Gasteiger partial charge in [-0.2, -0.15) is 4.57 Å². The number of aromatic nitrogens is 2. The third-order valence-electron chi connectivity index (χ3n) is 6.26. The van der Waals surface area contributed by atoms with Gasteiger partial charge in [0, 0.05) is 10.9 Å². The Morgan fingerprint density at radius 1 is 1.00 bits per heavy atom. The summed E-state index contributed by atoms with van der Waals surface area (Å²) in [6, 6.07) is 22.2. The Hall–Kier alpha value is -2.70. The molecular weight excluding hydrogens is 407 g/mol. The molecule has 0 radical (unpaired) electrons. The van der Waals surface area contributed by atoms with Gasteiger partial charge in [-0.15, -0.1) is 9.24 Å². The molecule has 3 heteroatoms. The molecule has 164 valence electrons. The first-order chi connectivity index (χ1) is 15.4. The van der Waals surface area contributed by atoms with Gasteiger partial charge in [0.05, 0.1) is 12.6 Å². The molecule has 0 aliphatic rings. The number of rotatable bonds is 6. The van der Waals surface area contributed by atoms with Crippen molar-refractivity contribution in [2.45, 2.75) is 46.5 Å². The molecule has 0 saturated heterocycles. The standard InChI is InChI=1S/C29H34N2P/c1-6-11-23-15-10-12-21(4)27(23)29-30(5)16-17-31(29)28-25(22-13-8-7-9-14-22)18-24(20(2)3)19-26(28)32/h7-10,12-20H,6,11,32H2,1-5H3/q+1. The van der Waals surface area contributed by atoms with Gasteiger partial charge in [-0.1, -0.05) is 75.7 Å². The lowest BCUT2D eigenvalue weighted by Gasteiger charge is -2.17. The van der Waals surface area contributed by atoms with E-state index in [1.807, 2.05) is 0 Å². The maximum Gasteiger partial charge on any atom is 0.294 e. The van der Waals surface area contributed by atoms with Gasteiger partial charge < -0.3 is 0 Å². The fourth-order valence-corrected chi connectivity index (χ4v) is 5.09. The molecule has 1 aromatic heterocycles. The number of nitrogens with zero attached hydrogens (tertiary/aromatic N) is 2. The van der Waals surface area contributed by atoms with Gasteiger partial charge in [0.15, 0.2) is 0 Å². The van der Waals surface area contributed by atoms with Crippen LogP contribution in [-0.2, 0) is 13.5 Å². The van der Waals surface area contributed by atoms with Gasteiger partial charge in [-0.05, 0) is 53.6 Å². The van der Waals surface area contributed by atoms with Gasteiger partial charge in [-0.3, -0.25) is 0 Å². The topological polar surface area (TPSA) is 8.81 Å². The number of hydrogen-bond donors (Lipinski definition) is 0. The molecule has 2 nitrogen and oxygen atoms in total. The van der Waals surface area contributed by atoms with Crippen LogP contribution in [0.1, 0.15) is 49.8 Å². The number of aryl methyl sites for hydroxylation is 3. The minimum absolute atomic E-state index is 0.471. The molecular formula is C29H34N2P+. The molecule has 0 aliphatic carbocycles. The van der Waals surface area contributed by atoms with Gasteiger partial charge in [-0.25, -0.2) is 4.57 Å². The van der Waals surface area contributed by atoms with Crippen molar-refractivity contribution in [3.63, 3.8) is 0 Å². The predicted molar refractivity (Wildman–Crippen MR) is 140 cm³/mol. The quantitative estimate of drug-likeness (QED) is 0.238. The average molecular weight is 442 g/mol. The van der Waals surface area contributed by atoms with Gasteiger partial charge in [0.1, 0.15) is 18.1 Å². The van der Waals surface area contributed by atoms with Crippen molar-refractivity contribution in [1.82, 2.24) is 4.57 Å². The van der Waals surface area contributed by atoms with Crippen LogP contribution in [0.5, 0.6) is 0 Å². The van der Waals surface area contributed by atoms with E-state index >= 15 is 0 Å². The van der Waals surface area contributed by atoms with E-state index in [1.54, 1.807) is 0 Å². The van der Waals surface area contributed by atoms with E-state index in [-0.39, 0.29) is 0 Å². The molecule has 4 aromatic rings. The number of imidazole rings is 1. The van der Waals surface area contributed by atoms with Crippen molar-refractivity contribution in [1.29, 1.82) is 0 Å². The highest BCUT2D eigenvalue weighted by Crippen LogP contribution is 2.34. The summed E-state index contributed by atoms with van der Waals surface area (Å²) in [5.74, 6) is 1.70. The summed E-state index contributed by atoms with van der Waals surface area (Å²) >= 11 is 0. The highest BCUT2D eigenvalue weighted by Gasteiger charge is 2.27. The monoisotopic (exact) mass is 441 g/mol. The summed E-state index contributed by atoms with van der Waals surface area (Å²) < 4.78 is 4.65. The Balaban J connectivity index is 2.04. The van der Waals surface area contributed by atoms with Crippen molar-refractivity contribution in [2.75, 3.05) is 0 Å². The maximum absolute atomic E-state index is 3.01. The Labute approximate surface area is 195 Å². The highest BCUT2D eigenvalue weighted by atomic mass is 31.0. The van der Waals surface area contributed by atoms with Crippen LogP contribution in [0.25, 0.3) is 28.2 Å². The van der Waals surface area contributed by atoms with Crippen LogP contribution in [0, 0.1) is 6.92 Å². The van der Waals surface area contributed by atoms with Crippen LogP contribution in [0.15, 0.2) is 73.1 Å². The van der Waals surface area contributed by atoms with E-state index in [0.717, 1.165) is 12.8 Å². The highest BCUT2D eigenvalue weighted by molar-refractivity contribution is 7.27. The van der Waals surface area contributed by atoms with Crippen molar-refractivity contribution in [2.24, 2.45) is 7.05 Å². The molecule has 0 saturated carbocycles. The fraction of sp³-hybridized carbons (Fsp3) is 0.276. The Bertz CT molecular complexity index is 1240. The first-order valence-corrected chi connectivity index (χ1v) is 12.1. The molecule has 0 N–H and O–H groups in total. The minimum atomic E-state index is 0.471. The normalized spacial score (nSPS) is 11.3. The molecule has 0 fully saturated rings. The van der Waals surface area contributed by atoms with Crippen molar-refractivity contribution in [3.8, 4) is 28.2 Å². The second-order valence-electron chi connectivity index (χ2n) is 8.99. The zero-order valence-electron chi connectivity index (χ0n) is 19.9. The van der Waals surface area contributed by atoms with Crippen molar-refractivity contribution >= 4 is 14.5 Å². The van der Waals surface area contributed by atoms with E-state index in [0.29, 0.717) is 5.92 Å². The minimum Gasteiger partial charge on any atom is -0.232 e. The molecule has 1 heterocycles. The van der Waals surface area contributed by atoms with E-state index in [2.05, 4.69) is 126 Å². The third-order valence-corrected chi connectivity index (χ3v) is 6.70. The van der Waals surface area contributed by atoms with Gasteiger partial charge in [0.25, 0.3) is 5.82 Å². The smallest absolute Gasteiger partial charge is 0.232 e. The lowest BCUT2D eigenvalue weighted by molar-refractivity contribution is -0.659. The summed E-state index contributed by atoms with van der Waals surface area (Å²) in [4.78, 5) is 0. The SMILES string of the molecule is CCCc1cccc(C)c1-c1n(-c2c(P)cc(C(C)C)cc2-c2ccccc2)cc[n+]1C. The molecule has 1 unspecified atom stereocenters.